The van der Waals surface area contributed by atoms with Gasteiger partial charge < -0.3 is 15.2 Å². The minimum Gasteiger partial charge on any atom is -0.359 e. The molecular formula is C18H22N4O3. The molecular weight excluding hydrogens is 320 g/mol. The van der Waals surface area contributed by atoms with Gasteiger partial charge in [-0.05, 0) is 25.5 Å². The van der Waals surface area contributed by atoms with Crippen molar-refractivity contribution in [3.05, 3.63) is 53.4 Å². The van der Waals surface area contributed by atoms with Crippen LogP contribution in [0.25, 0.3) is 0 Å². The predicted molar refractivity (Wildman–Crippen MR) is 91.6 cm³/mol. The molecule has 1 fully saturated rings. The van der Waals surface area contributed by atoms with Crippen molar-refractivity contribution in [2.45, 2.75) is 32.0 Å². The lowest BCUT2D eigenvalue weighted by molar-refractivity contribution is -0.120. The SMILES string of the molecule is CN(Cc1ccccc1)Cc1cc(C(=O)NCC(=O)NC2CC2)no1. The summed E-state index contributed by atoms with van der Waals surface area (Å²) < 4.78 is 5.22. The van der Waals surface area contributed by atoms with Gasteiger partial charge >= 0.3 is 0 Å². The Kier molecular flexibility index (Phi) is 5.45. The zero-order valence-electron chi connectivity index (χ0n) is 14.2. The first-order chi connectivity index (χ1) is 12.1. The van der Waals surface area contributed by atoms with Crippen molar-refractivity contribution >= 4 is 11.8 Å². The largest absolute Gasteiger partial charge is 0.359 e. The van der Waals surface area contributed by atoms with E-state index in [0.717, 1.165) is 19.4 Å². The van der Waals surface area contributed by atoms with Crippen LogP contribution in [0.2, 0.25) is 0 Å². The van der Waals surface area contributed by atoms with Crippen LogP contribution >= 0.6 is 0 Å². The Hall–Kier alpha value is -2.67. The molecule has 2 N–H and O–H groups in total. The van der Waals surface area contributed by atoms with Crippen molar-refractivity contribution in [2.24, 2.45) is 0 Å². The third-order valence-corrected chi connectivity index (χ3v) is 3.86. The molecule has 1 heterocycles. The van der Waals surface area contributed by atoms with Gasteiger partial charge in [0.05, 0.1) is 13.1 Å². The molecule has 0 bridgehead atoms. The zero-order valence-corrected chi connectivity index (χ0v) is 14.2. The van der Waals surface area contributed by atoms with E-state index in [-0.39, 0.29) is 24.2 Å². The molecule has 3 rings (SSSR count). The van der Waals surface area contributed by atoms with Crippen LogP contribution in [0, 0.1) is 0 Å². The highest BCUT2D eigenvalue weighted by molar-refractivity contribution is 5.94. The topological polar surface area (TPSA) is 87.5 Å². The van der Waals surface area contributed by atoms with Crippen molar-refractivity contribution in [3.8, 4) is 0 Å². The normalized spacial score (nSPS) is 13.7. The highest BCUT2D eigenvalue weighted by Crippen LogP contribution is 2.18. The van der Waals surface area contributed by atoms with Crippen LogP contribution in [-0.2, 0) is 17.9 Å². The van der Waals surface area contributed by atoms with Gasteiger partial charge in [0.2, 0.25) is 5.91 Å². The third kappa shape index (κ3) is 5.42. The Morgan fingerprint density at radius 3 is 2.72 bits per heavy atom. The van der Waals surface area contributed by atoms with Gasteiger partial charge in [0.25, 0.3) is 5.91 Å². The number of hydrogen-bond donors (Lipinski definition) is 2. The molecule has 0 spiro atoms. The fourth-order valence-electron chi connectivity index (χ4n) is 2.47. The maximum atomic E-state index is 12.0. The minimum atomic E-state index is -0.411. The summed E-state index contributed by atoms with van der Waals surface area (Å²) in [5, 5.41) is 9.14. The number of rotatable bonds is 8. The molecule has 0 atom stereocenters. The quantitative estimate of drug-likeness (QED) is 0.755. The third-order valence-electron chi connectivity index (χ3n) is 3.86. The summed E-state index contributed by atoms with van der Waals surface area (Å²) in [6.07, 6.45) is 2.03. The van der Waals surface area contributed by atoms with Gasteiger partial charge in [-0.1, -0.05) is 35.5 Å². The first-order valence-electron chi connectivity index (χ1n) is 8.36. The van der Waals surface area contributed by atoms with E-state index in [1.807, 2.05) is 25.2 Å². The molecule has 0 unspecified atom stereocenters. The van der Waals surface area contributed by atoms with Crippen molar-refractivity contribution in [2.75, 3.05) is 13.6 Å². The predicted octanol–water partition coefficient (Wildman–Crippen LogP) is 1.31. The molecule has 0 saturated heterocycles. The second kappa shape index (κ2) is 7.94. The summed E-state index contributed by atoms with van der Waals surface area (Å²) in [5.74, 6) is 0.0137. The average Bonchev–Trinajstić information content (AvgIpc) is 3.29. The molecule has 0 aliphatic heterocycles. The Bertz CT molecular complexity index is 725. The first-order valence-corrected chi connectivity index (χ1v) is 8.36. The van der Waals surface area contributed by atoms with Crippen LogP contribution < -0.4 is 10.6 Å². The second-order valence-electron chi connectivity index (χ2n) is 6.36. The number of carbonyl (C=O) groups excluding carboxylic acids is 2. The van der Waals surface area contributed by atoms with Crippen molar-refractivity contribution in [3.63, 3.8) is 0 Å². The van der Waals surface area contributed by atoms with Gasteiger partial charge in [0.1, 0.15) is 0 Å². The van der Waals surface area contributed by atoms with E-state index < -0.39 is 5.91 Å². The number of nitrogens with one attached hydrogen (secondary N) is 2. The standard InChI is InChI=1S/C18H22N4O3/c1-22(11-13-5-3-2-4-6-13)12-15-9-16(21-25-15)18(24)19-10-17(23)20-14-7-8-14/h2-6,9,14H,7-8,10-12H2,1H3,(H,19,24)(H,20,23). The molecule has 2 aromatic rings. The van der Waals surface area contributed by atoms with E-state index in [9.17, 15) is 9.59 Å². The van der Waals surface area contributed by atoms with E-state index in [0.29, 0.717) is 12.3 Å². The molecule has 1 aliphatic carbocycles. The average molecular weight is 342 g/mol. The Balaban J connectivity index is 1.45. The fraction of sp³-hybridized carbons (Fsp3) is 0.389. The van der Waals surface area contributed by atoms with Crippen molar-refractivity contribution < 1.29 is 14.1 Å². The van der Waals surface area contributed by atoms with Gasteiger partial charge in [-0.15, -0.1) is 0 Å². The summed E-state index contributed by atoms with van der Waals surface area (Å²) in [5.41, 5.74) is 1.38. The van der Waals surface area contributed by atoms with Crippen LogP contribution in [0.1, 0.15) is 34.7 Å². The van der Waals surface area contributed by atoms with Crippen LogP contribution in [-0.4, -0.2) is 41.5 Å². The number of amides is 2. The maximum absolute atomic E-state index is 12.0. The summed E-state index contributed by atoms with van der Waals surface area (Å²) >= 11 is 0. The molecule has 1 saturated carbocycles. The van der Waals surface area contributed by atoms with Gasteiger partial charge in [0.15, 0.2) is 11.5 Å². The number of benzene rings is 1. The van der Waals surface area contributed by atoms with Crippen molar-refractivity contribution in [1.29, 1.82) is 0 Å². The lowest BCUT2D eigenvalue weighted by atomic mass is 10.2. The fourth-order valence-corrected chi connectivity index (χ4v) is 2.47. The van der Waals surface area contributed by atoms with Crippen LogP contribution in [0.4, 0.5) is 0 Å². The summed E-state index contributed by atoms with van der Waals surface area (Å²) in [6.45, 7) is 1.26. The molecule has 25 heavy (non-hydrogen) atoms. The monoisotopic (exact) mass is 342 g/mol. The zero-order chi connectivity index (χ0) is 17.6. The van der Waals surface area contributed by atoms with Crippen LogP contribution in [0.5, 0.6) is 0 Å². The van der Waals surface area contributed by atoms with Gasteiger partial charge in [-0.3, -0.25) is 14.5 Å². The lowest BCUT2D eigenvalue weighted by Crippen LogP contribution is -2.37. The molecule has 7 heteroatoms. The molecule has 1 aliphatic rings. The molecule has 2 amide bonds. The summed E-state index contributed by atoms with van der Waals surface area (Å²) in [6, 6.07) is 12.0. The first kappa shape index (κ1) is 17.2. The van der Waals surface area contributed by atoms with E-state index in [1.165, 1.54) is 5.56 Å². The number of nitrogens with zero attached hydrogens (tertiary/aromatic N) is 2. The Morgan fingerprint density at radius 2 is 2.00 bits per heavy atom. The van der Waals surface area contributed by atoms with E-state index in [2.05, 4.69) is 32.8 Å². The Morgan fingerprint density at radius 1 is 1.24 bits per heavy atom. The molecule has 1 aromatic heterocycles. The minimum absolute atomic E-state index is 0.0502. The molecule has 1 aromatic carbocycles. The van der Waals surface area contributed by atoms with Crippen LogP contribution in [0.3, 0.4) is 0 Å². The highest BCUT2D eigenvalue weighted by Gasteiger charge is 2.23. The van der Waals surface area contributed by atoms with Gasteiger partial charge in [-0.25, -0.2) is 0 Å². The molecule has 7 nitrogen and oxygen atoms in total. The summed E-state index contributed by atoms with van der Waals surface area (Å²) in [7, 11) is 1.97. The highest BCUT2D eigenvalue weighted by atomic mass is 16.5. The van der Waals surface area contributed by atoms with E-state index in [1.54, 1.807) is 6.07 Å². The van der Waals surface area contributed by atoms with Gasteiger partial charge in [-0.2, -0.15) is 0 Å². The smallest absolute Gasteiger partial charge is 0.273 e. The van der Waals surface area contributed by atoms with Crippen molar-refractivity contribution in [1.82, 2.24) is 20.7 Å². The second-order valence-corrected chi connectivity index (χ2v) is 6.36. The lowest BCUT2D eigenvalue weighted by Gasteiger charge is -2.14. The maximum Gasteiger partial charge on any atom is 0.273 e. The summed E-state index contributed by atoms with van der Waals surface area (Å²) in [4.78, 5) is 25.7. The number of carbonyl (C=O) groups is 2. The Labute approximate surface area is 146 Å². The molecule has 0 radical (unpaired) electrons. The number of aromatic nitrogens is 1. The van der Waals surface area contributed by atoms with Gasteiger partial charge in [0, 0.05) is 18.7 Å². The number of hydrogen-bond acceptors (Lipinski definition) is 5. The molecule has 132 valence electrons. The van der Waals surface area contributed by atoms with E-state index >= 15 is 0 Å². The van der Waals surface area contributed by atoms with Crippen LogP contribution in [0.15, 0.2) is 40.9 Å². The van der Waals surface area contributed by atoms with E-state index in [4.69, 9.17) is 4.52 Å².